The van der Waals surface area contributed by atoms with Crippen LogP contribution in [-0.4, -0.2) is 26.3 Å². The third kappa shape index (κ3) is 4.14. The minimum atomic E-state index is -0.575. The molecule has 7 heteroatoms. The Bertz CT molecular complexity index is 1420. The largest absolute Gasteiger partial charge is 0.623 e. The van der Waals surface area contributed by atoms with Crippen molar-refractivity contribution in [3.8, 4) is 16.9 Å². The third-order valence-electron chi connectivity index (χ3n) is 5.04. The highest BCUT2D eigenvalue weighted by Gasteiger charge is 2.19. The van der Waals surface area contributed by atoms with Gasteiger partial charge in [0.1, 0.15) is 5.82 Å². The second-order valence-electron chi connectivity index (χ2n) is 8.46. The summed E-state index contributed by atoms with van der Waals surface area (Å²) in [6, 6.07) is 18.6. The Balaban J connectivity index is 1.96. The van der Waals surface area contributed by atoms with Crippen molar-refractivity contribution in [1.29, 1.82) is 0 Å². The fraction of sp³-hybridized carbons (Fsp3) is 0.160. The molecular weight excluding hydrogens is 429 g/mol. The minimum Gasteiger partial charge on any atom is -0.623 e. The zero-order valence-electron chi connectivity index (χ0n) is 17.8. The molecule has 0 spiro atoms. The normalized spacial score (nSPS) is 12.3. The highest BCUT2D eigenvalue weighted by Crippen LogP contribution is 2.27. The van der Waals surface area contributed by atoms with Crippen LogP contribution < -0.4 is 5.56 Å². The van der Waals surface area contributed by atoms with Gasteiger partial charge in [-0.15, -0.1) is 0 Å². The van der Waals surface area contributed by atoms with E-state index < -0.39 is 11.4 Å². The lowest BCUT2D eigenvalue weighted by molar-refractivity contribution is -0.530. The molecule has 0 fully saturated rings. The fourth-order valence-electron chi connectivity index (χ4n) is 3.29. The number of benzene rings is 3. The van der Waals surface area contributed by atoms with Crippen molar-refractivity contribution in [3.63, 3.8) is 0 Å². The molecule has 0 aliphatic carbocycles. The van der Waals surface area contributed by atoms with E-state index >= 15 is 0 Å². The highest BCUT2D eigenvalue weighted by molar-refractivity contribution is 6.30. The molecule has 32 heavy (non-hydrogen) atoms. The van der Waals surface area contributed by atoms with Gasteiger partial charge in [0.2, 0.25) is 0 Å². The van der Waals surface area contributed by atoms with Crippen LogP contribution in [0.3, 0.4) is 0 Å². The predicted molar refractivity (Wildman–Crippen MR) is 126 cm³/mol. The van der Waals surface area contributed by atoms with Crippen molar-refractivity contribution < 1.29 is 9.13 Å². The molecule has 0 aliphatic heterocycles. The first kappa shape index (κ1) is 21.7. The number of halogens is 2. The molecule has 0 aliphatic rings. The van der Waals surface area contributed by atoms with E-state index in [4.69, 9.17) is 11.6 Å². The van der Waals surface area contributed by atoms with Gasteiger partial charge in [0, 0.05) is 37.3 Å². The van der Waals surface area contributed by atoms with Crippen LogP contribution in [0.4, 0.5) is 4.39 Å². The van der Waals surface area contributed by atoms with Gasteiger partial charge in [-0.3, -0.25) is 4.79 Å². The molecule has 0 unspecified atom stereocenters. The summed E-state index contributed by atoms with van der Waals surface area (Å²) < 4.78 is 15.8. The molecule has 0 amide bonds. The maximum atomic E-state index is 13.7. The van der Waals surface area contributed by atoms with Gasteiger partial charge in [-0.2, -0.15) is 9.78 Å². The van der Waals surface area contributed by atoms with E-state index in [-0.39, 0.29) is 10.6 Å². The summed E-state index contributed by atoms with van der Waals surface area (Å²) in [6.07, 6.45) is 1.53. The van der Waals surface area contributed by atoms with Gasteiger partial charge in [-0.25, -0.2) is 9.13 Å². The Morgan fingerprint density at radius 3 is 2.44 bits per heavy atom. The molecule has 3 aromatic carbocycles. The molecule has 5 nitrogen and oxygen atoms in total. The zero-order chi connectivity index (χ0) is 23.0. The molecule has 4 rings (SSSR count). The molecular formula is C25H21ClFN3O2. The van der Waals surface area contributed by atoms with Crippen molar-refractivity contribution in [2.24, 2.45) is 0 Å². The Labute approximate surface area is 189 Å². The number of nitrogens with zero attached hydrogens (tertiary/aromatic N) is 3. The summed E-state index contributed by atoms with van der Waals surface area (Å²) in [5.41, 5.74) is 1.45. The van der Waals surface area contributed by atoms with E-state index in [1.807, 2.05) is 57.2 Å². The van der Waals surface area contributed by atoms with Gasteiger partial charge in [-0.1, -0.05) is 41.9 Å². The molecule has 1 heterocycles. The first-order valence-electron chi connectivity index (χ1n) is 10.0. The Hall–Kier alpha value is -3.51. The van der Waals surface area contributed by atoms with Gasteiger partial charge >= 0.3 is 0 Å². The number of hydroxylamine groups is 1. The summed E-state index contributed by atoms with van der Waals surface area (Å²) >= 11 is 5.94. The van der Waals surface area contributed by atoms with Gasteiger partial charge in [0.25, 0.3) is 5.56 Å². The van der Waals surface area contributed by atoms with Crippen LogP contribution in [-0.2, 0) is 0 Å². The summed E-state index contributed by atoms with van der Waals surface area (Å²) in [4.78, 5) is 13.1. The fourth-order valence-corrected chi connectivity index (χ4v) is 3.46. The lowest BCUT2D eigenvalue weighted by Gasteiger charge is -2.18. The van der Waals surface area contributed by atoms with Crippen molar-refractivity contribution in [2.75, 3.05) is 0 Å². The standard InChI is InChI=1S/C25H21ClFN3O2/c1-25(2,3)29(32)15-16-7-6-8-17(13-16)23-19-9-4-5-10-20(19)24(31)30(28-23)18-11-12-22(27)21(26)14-18/h4-15H,1-3H3. The molecule has 162 valence electrons. The number of hydrogen-bond donors (Lipinski definition) is 0. The molecule has 0 radical (unpaired) electrons. The highest BCUT2D eigenvalue weighted by atomic mass is 35.5. The minimum absolute atomic E-state index is 0.0970. The smallest absolute Gasteiger partial charge is 0.279 e. The van der Waals surface area contributed by atoms with Crippen LogP contribution >= 0.6 is 11.6 Å². The van der Waals surface area contributed by atoms with E-state index in [0.717, 1.165) is 10.3 Å². The number of aromatic nitrogens is 2. The second kappa shape index (κ2) is 8.20. The molecule has 0 atom stereocenters. The lowest BCUT2D eigenvalue weighted by atomic mass is 10.0. The van der Waals surface area contributed by atoms with Crippen LogP contribution in [0, 0.1) is 11.0 Å². The Morgan fingerprint density at radius 2 is 1.75 bits per heavy atom. The summed E-state index contributed by atoms with van der Waals surface area (Å²) in [5.74, 6) is -0.575. The third-order valence-corrected chi connectivity index (χ3v) is 5.33. The topological polar surface area (TPSA) is 61.0 Å². The van der Waals surface area contributed by atoms with Crippen LogP contribution in [0.5, 0.6) is 0 Å². The number of fused-ring (bicyclic) bond motifs is 1. The van der Waals surface area contributed by atoms with Crippen LogP contribution in [0.2, 0.25) is 5.02 Å². The van der Waals surface area contributed by atoms with Gasteiger partial charge < -0.3 is 5.21 Å². The first-order chi connectivity index (χ1) is 15.1. The number of hydrogen-bond acceptors (Lipinski definition) is 3. The van der Waals surface area contributed by atoms with Crippen molar-refractivity contribution >= 4 is 28.6 Å². The maximum Gasteiger partial charge on any atom is 0.279 e. The van der Waals surface area contributed by atoms with E-state index in [0.29, 0.717) is 27.7 Å². The second-order valence-corrected chi connectivity index (χ2v) is 8.87. The van der Waals surface area contributed by atoms with E-state index in [1.54, 1.807) is 12.1 Å². The first-order valence-corrected chi connectivity index (χ1v) is 10.4. The zero-order valence-corrected chi connectivity index (χ0v) is 18.6. The van der Waals surface area contributed by atoms with Gasteiger partial charge in [0.15, 0.2) is 11.8 Å². The summed E-state index contributed by atoms with van der Waals surface area (Å²) in [5, 5.41) is 18.0. The van der Waals surface area contributed by atoms with Gasteiger partial charge in [0.05, 0.1) is 21.8 Å². The molecule has 0 N–H and O–H groups in total. The number of rotatable bonds is 3. The average Bonchev–Trinajstić information content (AvgIpc) is 2.76. The molecule has 0 saturated heterocycles. The van der Waals surface area contributed by atoms with Crippen molar-refractivity contribution in [1.82, 2.24) is 9.78 Å². The summed E-state index contributed by atoms with van der Waals surface area (Å²) in [6.45, 7) is 5.50. The average molecular weight is 450 g/mol. The van der Waals surface area contributed by atoms with Crippen molar-refractivity contribution in [2.45, 2.75) is 26.3 Å². The van der Waals surface area contributed by atoms with E-state index in [1.165, 1.54) is 29.1 Å². The summed E-state index contributed by atoms with van der Waals surface area (Å²) in [7, 11) is 0. The Morgan fingerprint density at radius 1 is 1.03 bits per heavy atom. The molecule has 0 bridgehead atoms. The maximum absolute atomic E-state index is 13.7. The van der Waals surface area contributed by atoms with Crippen LogP contribution in [0.15, 0.2) is 71.5 Å². The van der Waals surface area contributed by atoms with E-state index in [2.05, 4.69) is 5.10 Å². The van der Waals surface area contributed by atoms with Crippen molar-refractivity contribution in [3.05, 3.63) is 98.7 Å². The predicted octanol–water partition coefficient (Wildman–Crippen LogP) is 5.57. The Kier molecular flexibility index (Phi) is 5.57. The molecule has 1 aromatic heterocycles. The molecule has 0 saturated carbocycles. The monoisotopic (exact) mass is 449 g/mol. The lowest BCUT2D eigenvalue weighted by Crippen LogP contribution is -2.29. The molecule has 4 aromatic rings. The quantitative estimate of drug-likeness (QED) is 0.178. The van der Waals surface area contributed by atoms with Gasteiger partial charge in [-0.05, 0) is 36.4 Å². The van der Waals surface area contributed by atoms with E-state index in [9.17, 15) is 14.4 Å². The SMILES string of the molecule is CC(C)(C)[N+]([O-])=Cc1cccc(-c2nn(-c3ccc(F)c(Cl)c3)c(=O)c3ccccc23)c1. The van der Waals surface area contributed by atoms with Crippen LogP contribution in [0.1, 0.15) is 26.3 Å². The van der Waals surface area contributed by atoms with Crippen LogP contribution in [0.25, 0.3) is 27.7 Å².